The van der Waals surface area contributed by atoms with Crippen molar-refractivity contribution in [3.05, 3.63) is 54.1 Å². The summed E-state index contributed by atoms with van der Waals surface area (Å²) < 4.78 is 0. The molecule has 1 aromatic heterocycles. The van der Waals surface area contributed by atoms with E-state index in [9.17, 15) is 0 Å². The van der Waals surface area contributed by atoms with Crippen LogP contribution < -0.4 is 5.73 Å². The smallest absolute Gasteiger partial charge is 0.114 e. The van der Waals surface area contributed by atoms with E-state index in [4.69, 9.17) is 5.73 Å². The molecular formula is C11H15Cl2N3. The van der Waals surface area contributed by atoms with Crippen molar-refractivity contribution in [1.29, 1.82) is 0 Å². The summed E-state index contributed by atoms with van der Waals surface area (Å²) in [5.41, 5.74) is 6.94. The largest absolute Gasteiger partial charge is 0.348 e. The molecule has 0 aliphatic heterocycles. The van der Waals surface area contributed by atoms with E-state index in [1.165, 1.54) is 5.56 Å². The van der Waals surface area contributed by atoms with E-state index in [2.05, 4.69) is 22.1 Å². The van der Waals surface area contributed by atoms with Crippen LogP contribution in [-0.4, -0.2) is 16.5 Å². The van der Waals surface area contributed by atoms with E-state index >= 15 is 0 Å². The zero-order valence-electron chi connectivity index (χ0n) is 8.67. The van der Waals surface area contributed by atoms with Crippen molar-refractivity contribution in [2.75, 3.05) is 6.54 Å². The Morgan fingerprint density at radius 1 is 1.19 bits per heavy atom. The van der Waals surface area contributed by atoms with Gasteiger partial charge in [-0.3, -0.25) is 0 Å². The highest BCUT2D eigenvalue weighted by molar-refractivity contribution is 5.85. The van der Waals surface area contributed by atoms with Gasteiger partial charge in [-0.15, -0.1) is 24.8 Å². The number of H-pyrrole nitrogens is 1. The first kappa shape index (κ1) is 15.0. The third-order valence-electron chi connectivity index (χ3n) is 2.29. The van der Waals surface area contributed by atoms with Crippen LogP contribution in [0.25, 0.3) is 0 Å². The lowest BCUT2D eigenvalue weighted by Gasteiger charge is -2.11. The van der Waals surface area contributed by atoms with E-state index < -0.39 is 0 Å². The number of nitrogens with zero attached hydrogens (tertiary/aromatic N) is 1. The van der Waals surface area contributed by atoms with Crippen molar-refractivity contribution < 1.29 is 0 Å². The van der Waals surface area contributed by atoms with E-state index in [1.54, 1.807) is 6.20 Å². The van der Waals surface area contributed by atoms with Crippen molar-refractivity contribution in [1.82, 2.24) is 9.97 Å². The Bertz CT molecular complexity index is 375. The van der Waals surface area contributed by atoms with Gasteiger partial charge in [-0.2, -0.15) is 0 Å². The van der Waals surface area contributed by atoms with Crippen molar-refractivity contribution in [3.63, 3.8) is 0 Å². The Morgan fingerprint density at radius 3 is 2.38 bits per heavy atom. The Hall–Kier alpha value is -1.03. The van der Waals surface area contributed by atoms with Gasteiger partial charge in [0.05, 0.1) is 5.92 Å². The van der Waals surface area contributed by atoms with Gasteiger partial charge in [0.15, 0.2) is 0 Å². The van der Waals surface area contributed by atoms with Crippen LogP contribution in [0.4, 0.5) is 0 Å². The zero-order valence-corrected chi connectivity index (χ0v) is 10.3. The molecule has 0 bridgehead atoms. The van der Waals surface area contributed by atoms with Gasteiger partial charge in [0.1, 0.15) is 5.82 Å². The number of nitrogens with one attached hydrogen (secondary N) is 1. The molecule has 88 valence electrons. The topological polar surface area (TPSA) is 54.7 Å². The maximum absolute atomic E-state index is 5.74. The van der Waals surface area contributed by atoms with E-state index in [0.29, 0.717) is 6.54 Å². The number of nitrogens with two attached hydrogens (primary N) is 1. The second kappa shape index (κ2) is 7.28. The summed E-state index contributed by atoms with van der Waals surface area (Å²) in [5.74, 6) is 1.10. The number of aromatic amines is 1. The number of hydrogen-bond acceptors (Lipinski definition) is 2. The van der Waals surface area contributed by atoms with Crippen molar-refractivity contribution in [3.8, 4) is 0 Å². The molecule has 0 saturated carbocycles. The molecule has 0 spiro atoms. The fraction of sp³-hybridized carbons (Fsp3) is 0.182. The van der Waals surface area contributed by atoms with Gasteiger partial charge in [0.2, 0.25) is 0 Å². The summed E-state index contributed by atoms with van der Waals surface area (Å²) >= 11 is 0. The summed E-state index contributed by atoms with van der Waals surface area (Å²) in [6.45, 7) is 0.567. The standard InChI is InChI=1S/C11H13N3.2ClH/c12-8-10(11-13-6-7-14-11)9-4-2-1-3-5-9;;/h1-7,10H,8,12H2,(H,13,14);2*1H. The first-order valence-corrected chi connectivity index (χ1v) is 4.66. The fourth-order valence-corrected chi connectivity index (χ4v) is 1.56. The van der Waals surface area contributed by atoms with Crippen molar-refractivity contribution >= 4 is 24.8 Å². The predicted octanol–water partition coefficient (Wildman–Crippen LogP) is 2.34. The van der Waals surface area contributed by atoms with Crippen LogP contribution in [0.3, 0.4) is 0 Å². The third kappa shape index (κ3) is 3.23. The highest BCUT2D eigenvalue weighted by atomic mass is 35.5. The summed E-state index contributed by atoms with van der Waals surface area (Å²) in [5, 5.41) is 0. The van der Waals surface area contributed by atoms with Gasteiger partial charge in [0, 0.05) is 18.9 Å². The maximum Gasteiger partial charge on any atom is 0.114 e. The zero-order chi connectivity index (χ0) is 9.80. The molecule has 1 atom stereocenters. The molecule has 0 aliphatic carbocycles. The molecule has 5 heteroatoms. The van der Waals surface area contributed by atoms with Crippen LogP contribution in [0, 0.1) is 0 Å². The monoisotopic (exact) mass is 259 g/mol. The Morgan fingerprint density at radius 2 is 1.88 bits per heavy atom. The normalized spacial score (nSPS) is 11.1. The van der Waals surface area contributed by atoms with E-state index in [-0.39, 0.29) is 30.7 Å². The summed E-state index contributed by atoms with van der Waals surface area (Å²) in [6.07, 6.45) is 3.57. The molecule has 1 aromatic carbocycles. The lowest BCUT2D eigenvalue weighted by molar-refractivity contribution is 0.765. The number of imidazole rings is 1. The van der Waals surface area contributed by atoms with Crippen LogP contribution in [0.2, 0.25) is 0 Å². The van der Waals surface area contributed by atoms with Crippen LogP contribution in [0.1, 0.15) is 17.3 Å². The minimum absolute atomic E-state index is 0. The molecule has 1 unspecified atom stereocenters. The number of aromatic nitrogens is 2. The average molecular weight is 260 g/mol. The molecule has 2 aromatic rings. The SMILES string of the molecule is Cl.Cl.NCC(c1ccccc1)c1ncc[nH]1. The van der Waals surface area contributed by atoms with E-state index in [0.717, 1.165) is 5.82 Å². The minimum atomic E-state index is 0. The van der Waals surface area contributed by atoms with Gasteiger partial charge >= 0.3 is 0 Å². The van der Waals surface area contributed by atoms with Crippen LogP contribution >= 0.6 is 24.8 Å². The van der Waals surface area contributed by atoms with Gasteiger partial charge < -0.3 is 10.7 Å². The molecule has 0 saturated heterocycles. The van der Waals surface area contributed by atoms with Gasteiger partial charge in [-0.25, -0.2) is 4.98 Å². The molecule has 0 fully saturated rings. The first-order valence-electron chi connectivity index (χ1n) is 4.66. The lowest BCUT2D eigenvalue weighted by Crippen LogP contribution is -2.15. The Labute approximate surface area is 107 Å². The van der Waals surface area contributed by atoms with Gasteiger partial charge in [-0.1, -0.05) is 30.3 Å². The quantitative estimate of drug-likeness (QED) is 0.889. The van der Waals surface area contributed by atoms with Crippen molar-refractivity contribution in [2.24, 2.45) is 5.73 Å². The average Bonchev–Trinajstić information content (AvgIpc) is 2.74. The van der Waals surface area contributed by atoms with Gasteiger partial charge in [-0.05, 0) is 5.56 Å². The fourth-order valence-electron chi connectivity index (χ4n) is 1.56. The third-order valence-corrected chi connectivity index (χ3v) is 2.29. The number of halogens is 2. The highest BCUT2D eigenvalue weighted by Crippen LogP contribution is 2.19. The molecule has 2 rings (SSSR count). The second-order valence-corrected chi connectivity index (χ2v) is 3.17. The molecular weight excluding hydrogens is 245 g/mol. The van der Waals surface area contributed by atoms with Crippen LogP contribution in [-0.2, 0) is 0 Å². The number of hydrogen-bond donors (Lipinski definition) is 2. The van der Waals surface area contributed by atoms with E-state index in [1.807, 2.05) is 24.4 Å². The molecule has 0 radical (unpaired) electrons. The molecule has 16 heavy (non-hydrogen) atoms. The van der Waals surface area contributed by atoms with Crippen molar-refractivity contribution in [2.45, 2.75) is 5.92 Å². The molecule has 3 N–H and O–H groups in total. The molecule has 1 heterocycles. The lowest BCUT2D eigenvalue weighted by atomic mass is 9.99. The summed E-state index contributed by atoms with van der Waals surface area (Å²) in [7, 11) is 0. The van der Waals surface area contributed by atoms with Crippen LogP contribution in [0.5, 0.6) is 0 Å². The highest BCUT2D eigenvalue weighted by Gasteiger charge is 2.13. The van der Waals surface area contributed by atoms with Gasteiger partial charge in [0.25, 0.3) is 0 Å². The predicted molar refractivity (Wildman–Crippen MR) is 70.4 cm³/mol. The van der Waals surface area contributed by atoms with Crippen LogP contribution in [0.15, 0.2) is 42.7 Å². The maximum atomic E-state index is 5.74. The minimum Gasteiger partial charge on any atom is -0.348 e. The Kier molecular flexibility index (Phi) is 6.81. The summed E-state index contributed by atoms with van der Waals surface area (Å²) in [6, 6.07) is 10.2. The Balaban J connectivity index is 0.00000112. The molecule has 3 nitrogen and oxygen atoms in total. The second-order valence-electron chi connectivity index (χ2n) is 3.17. The molecule has 0 aliphatic rings. The summed E-state index contributed by atoms with van der Waals surface area (Å²) in [4.78, 5) is 7.32. The molecule has 0 amide bonds. The number of benzene rings is 1. The first-order chi connectivity index (χ1) is 6.92. The number of rotatable bonds is 3.